The van der Waals surface area contributed by atoms with E-state index in [4.69, 9.17) is 0 Å². The molecule has 6 heteroatoms. The van der Waals surface area contributed by atoms with E-state index in [1.165, 1.54) is 6.20 Å². The molecule has 0 radical (unpaired) electrons. The zero-order chi connectivity index (χ0) is 15.6. The van der Waals surface area contributed by atoms with Crippen LogP contribution in [0.4, 0.5) is 11.4 Å². The van der Waals surface area contributed by atoms with Gasteiger partial charge in [0.1, 0.15) is 5.82 Å². The minimum Gasteiger partial charge on any atom is -0.476 e. The number of carbonyl (C=O) groups is 1. The van der Waals surface area contributed by atoms with E-state index < -0.39 is 5.97 Å². The third kappa shape index (κ3) is 3.39. The molecule has 0 aliphatic rings. The number of benzene rings is 1. The highest BCUT2D eigenvalue weighted by atomic mass is 79.9. The molecular weight excluding hydrogens is 334 g/mol. The van der Waals surface area contributed by atoms with Crippen LogP contribution in [0.2, 0.25) is 0 Å². The molecule has 1 aromatic carbocycles. The van der Waals surface area contributed by atoms with Crippen LogP contribution in [0.5, 0.6) is 0 Å². The lowest BCUT2D eigenvalue weighted by atomic mass is 10.2. The van der Waals surface area contributed by atoms with Crippen LogP contribution in [0.15, 0.2) is 28.9 Å². The Hall–Kier alpha value is -1.95. The van der Waals surface area contributed by atoms with Crippen molar-refractivity contribution in [3.63, 3.8) is 0 Å². The van der Waals surface area contributed by atoms with E-state index >= 15 is 0 Å². The lowest BCUT2D eigenvalue weighted by Crippen LogP contribution is -2.10. The molecule has 0 spiro atoms. The first-order chi connectivity index (χ1) is 9.90. The van der Waals surface area contributed by atoms with Crippen LogP contribution in [-0.2, 0) is 0 Å². The molecule has 1 aromatic heterocycles. The molecule has 0 unspecified atom stereocenters. The molecule has 21 heavy (non-hydrogen) atoms. The van der Waals surface area contributed by atoms with Crippen molar-refractivity contribution in [3.05, 3.63) is 46.0 Å². The van der Waals surface area contributed by atoms with E-state index in [1.54, 1.807) is 0 Å². The van der Waals surface area contributed by atoms with Gasteiger partial charge in [0.25, 0.3) is 0 Å². The van der Waals surface area contributed by atoms with Crippen LogP contribution < -0.4 is 5.32 Å². The van der Waals surface area contributed by atoms with Gasteiger partial charge in [-0.2, -0.15) is 0 Å². The highest BCUT2D eigenvalue weighted by Gasteiger charge is 2.16. The van der Waals surface area contributed by atoms with Gasteiger partial charge in [-0.15, -0.1) is 0 Å². The number of rotatable bonds is 4. The van der Waals surface area contributed by atoms with Crippen molar-refractivity contribution >= 4 is 33.3 Å². The second kappa shape index (κ2) is 6.22. The molecular formula is C15H16BrN3O2. The number of nitrogens with zero attached hydrogens (tertiary/aromatic N) is 2. The molecule has 0 amide bonds. The van der Waals surface area contributed by atoms with Crippen molar-refractivity contribution in [1.29, 1.82) is 0 Å². The predicted molar refractivity (Wildman–Crippen MR) is 85.2 cm³/mol. The fourth-order valence-corrected chi connectivity index (χ4v) is 2.18. The fourth-order valence-electron chi connectivity index (χ4n) is 1.82. The molecule has 0 fully saturated rings. The maximum absolute atomic E-state index is 11.4. The Labute approximate surface area is 131 Å². The fraction of sp³-hybridized carbons (Fsp3) is 0.267. The number of carboxylic acids is 1. The average molecular weight is 350 g/mol. The van der Waals surface area contributed by atoms with E-state index in [0.29, 0.717) is 11.5 Å². The predicted octanol–water partition coefficient (Wildman–Crippen LogP) is 4.11. The first kappa shape index (κ1) is 15.4. The Morgan fingerprint density at radius 2 is 2.05 bits per heavy atom. The van der Waals surface area contributed by atoms with Crippen LogP contribution in [0.1, 0.15) is 41.6 Å². The number of anilines is 2. The summed E-state index contributed by atoms with van der Waals surface area (Å²) in [5.41, 5.74) is 2.18. The minimum absolute atomic E-state index is 0.0258. The van der Waals surface area contributed by atoms with E-state index in [9.17, 15) is 9.90 Å². The number of aryl methyl sites for hydroxylation is 1. The Kier molecular flexibility index (Phi) is 4.57. The molecule has 0 saturated heterocycles. The second-order valence-electron chi connectivity index (χ2n) is 5.01. The van der Waals surface area contributed by atoms with Crippen molar-refractivity contribution in [2.75, 3.05) is 5.32 Å². The van der Waals surface area contributed by atoms with Crippen molar-refractivity contribution < 1.29 is 9.90 Å². The van der Waals surface area contributed by atoms with Crippen LogP contribution in [0.3, 0.4) is 0 Å². The molecule has 0 aliphatic heterocycles. The Morgan fingerprint density at radius 1 is 1.33 bits per heavy atom. The molecule has 5 nitrogen and oxygen atoms in total. The van der Waals surface area contributed by atoms with Gasteiger partial charge in [-0.1, -0.05) is 26.0 Å². The monoisotopic (exact) mass is 349 g/mol. The van der Waals surface area contributed by atoms with Gasteiger partial charge in [0, 0.05) is 10.4 Å². The number of nitrogens with one attached hydrogen (secondary N) is 1. The summed E-state index contributed by atoms with van der Waals surface area (Å²) in [4.78, 5) is 19.7. The van der Waals surface area contributed by atoms with E-state index in [0.717, 1.165) is 15.7 Å². The van der Waals surface area contributed by atoms with Crippen LogP contribution in [0.25, 0.3) is 0 Å². The average Bonchev–Trinajstić information content (AvgIpc) is 2.43. The van der Waals surface area contributed by atoms with E-state index in [1.807, 2.05) is 39.0 Å². The molecule has 2 rings (SSSR count). The van der Waals surface area contributed by atoms with Gasteiger partial charge in [-0.3, -0.25) is 0 Å². The van der Waals surface area contributed by atoms with Crippen LogP contribution in [-0.4, -0.2) is 21.0 Å². The first-order valence-electron chi connectivity index (χ1n) is 6.52. The number of hydrogen-bond donors (Lipinski definition) is 2. The number of carboxylic acid groups (broad SMARTS) is 1. The largest absolute Gasteiger partial charge is 0.476 e. The lowest BCUT2D eigenvalue weighted by molar-refractivity contribution is 0.0691. The van der Waals surface area contributed by atoms with Crippen LogP contribution in [0, 0.1) is 6.92 Å². The maximum Gasteiger partial charge on any atom is 0.356 e. The summed E-state index contributed by atoms with van der Waals surface area (Å²) in [6, 6.07) is 5.72. The van der Waals surface area contributed by atoms with Gasteiger partial charge in [0.2, 0.25) is 0 Å². The van der Waals surface area contributed by atoms with Crippen molar-refractivity contribution in [1.82, 2.24) is 9.97 Å². The summed E-state index contributed by atoms with van der Waals surface area (Å²) in [6.45, 7) is 5.81. The summed E-state index contributed by atoms with van der Waals surface area (Å²) in [7, 11) is 0. The van der Waals surface area contributed by atoms with Crippen molar-refractivity contribution in [3.8, 4) is 0 Å². The van der Waals surface area contributed by atoms with Gasteiger partial charge in [-0.05, 0) is 34.5 Å². The molecule has 2 N–H and O–H groups in total. The number of hydrogen-bond acceptors (Lipinski definition) is 4. The summed E-state index contributed by atoms with van der Waals surface area (Å²) in [6.07, 6.45) is 1.51. The van der Waals surface area contributed by atoms with Gasteiger partial charge < -0.3 is 10.4 Å². The molecule has 110 valence electrons. The van der Waals surface area contributed by atoms with Gasteiger partial charge in [0.05, 0.1) is 17.6 Å². The number of halogens is 1. The Balaban J connectivity index is 2.44. The quantitative estimate of drug-likeness (QED) is 0.868. The SMILES string of the molecule is Cc1cccc(Nc2cnc(C(C)C)nc2C(=O)O)c1Br. The van der Waals surface area contributed by atoms with Crippen molar-refractivity contribution in [2.24, 2.45) is 0 Å². The van der Waals surface area contributed by atoms with Gasteiger partial charge >= 0.3 is 5.97 Å². The lowest BCUT2D eigenvalue weighted by Gasteiger charge is -2.13. The Bertz CT molecular complexity index is 687. The zero-order valence-electron chi connectivity index (χ0n) is 12.0. The molecule has 1 heterocycles. The standard InChI is InChI=1S/C15H16BrN3O2/c1-8(2)14-17-7-11(13(19-14)15(20)21)18-10-6-4-5-9(3)12(10)16/h4-8,18H,1-3H3,(H,20,21). The van der Waals surface area contributed by atoms with Crippen LogP contribution >= 0.6 is 15.9 Å². The molecule has 0 bridgehead atoms. The van der Waals surface area contributed by atoms with Crippen molar-refractivity contribution in [2.45, 2.75) is 26.7 Å². The third-order valence-electron chi connectivity index (χ3n) is 2.99. The Morgan fingerprint density at radius 3 is 2.67 bits per heavy atom. The number of aromatic carboxylic acids is 1. The minimum atomic E-state index is -1.08. The summed E-state index contributed by atoms with van der Waals surface area (Å²) >= 11 is 3.49. The highest BCUT2D eigenvalue weighted by molar-refractivity contribution is 9.10. The third-order valence-corrected chi connectivity index (χ3v) is 4.04. The molecule has 2 aromatic rings. The van der Waals surface area contributed by atoms with E-state index in [2.05, 4.69) is 31.2 Å². The summed E-state index contributed by atoms with van der Waals surface area (Å²) in [5, 5.41) is 12.4. The summed E-state index contributed by atoms with van der Waals surface area (Å²) in [5.74, 6) is -0.491. The molecule has 0 saturated carbocycles. The van der Waals surface area contributed by atoms with E-state index in [-0.39, 0.29) is 11.6 Å². The molecule has 0 atom stereocenters. The topological polar surface area (TPSA) is 75.1 Å². The first-order valence-corrected chi connectivity index (χ1v) is 7.31. The summed E-state index contributed by atoms with van der Waals surface area (Å²) < 4.78 is 0.884. The van der Waals surface area contributed by atoms with Gasteiger partial charge in [0.15, 0.2) is 5.69 Å². The highest BCUT2D eigenvalue weighted by Crippen LogP contribution is 2.29. The normalized spacial score (nSPS) is 10.7. The zero-order valence-corrected chi connectivity index (χ0v) is 13.6. The maximum atomic E-state index is 11.4. The smallest absolute Gasteiger partial charge is 0.356 e. The molecule has 0 aliphatic carbocycles. The van der Waals surface area contributed by atoms with Gasteiger partial charge in [-0.25, -0.2) is 14.8 Å². The second-order valence-corrected chi connectivity index (χ2v) is 5.80. The number of aromatic nitrogens is 2.